The van der Waals surface area contributed by atoms with Crippen LogP contribution in [0.4, 0.5) is 17.1 Å². The number of aromatic hydroxyl groups is 4. The van der Waals surface area contributed by atoms with E-state index in [1.807, 2.05) is 84.9 Å². The second-order valence-corrected chi connectivity index (χ2v) is 15.1. The number of furan rings is 1. The lowest BCUT2D eigenvalue weighted by Crippen LogP contribution is -2.11. The number of aromatic nitrogens is 1. The monoisotopic (exact) mass is 792 g/mol. The Balaban J connectivity index is 1.03. The van der Waals surface area contributed by atoms with Crippen molar-refractivity contribution in [3.8, 4) is 62.1 Å². The number of phenols is 4. The molecule has 0 aliphatic heterocycles. The highest BCUT2D eigenvalue weighted by Crippen LogP contribution is 2.58. The van der Waals surface area contributed by atoms with Gasteiger partial charge in [-0.3, -0.25) is 0 Å². The molecule has 11 aromatic rings. The third kappa shape index (κ3) is 5.74. The number of anilines is 3. The molecular weight excluding hydrogens is 757 g/mol. The van der Waals surface area contributed by atoms with Crippen molar-refractivity contribution in [3.63, 3.8) is 0 Å². The number of rotatable bonds is 7. The average Bonchev–Trinajstić information content (AvgIpc) is 3.87. The van der Waals surface area contributed by atoms with E-state index in [2.05, 4.69) is 83.4 Å². The second-order valence-electron chi connectivity index (χ2n) is 15.1. The second kappa shape index (κ2) is 14.1. The summed E-state index contributed by atoms with van der Waals surface area (Å²) in [4.78, 5) is 1.63. The maximum absolute atomic E-state index is 11.8. The van der Waals surface area contributed by atoms with E-state index in [-0.39, 0.29) is 11.3 Å². The number of nitrogens with zero attached hydrogens (tertiary/aromatic N) is 2. The van der Waals surface area contributed by atoms with Gasteiger partial charge in [0.15, 0.2) is 23.0 Å². The van der Waals surface area contributed by atoms with Gasteiger partial charge in [0.2, 0.25) is 0 Å². The first-order valence-corrected chi connectivity index (χ1v) is 20.0. The zero-order valence-electron chi connectivity index (χ0n) is 32.6. The van der Waals surface area contributed by atoms with Gasteiger partial charge in [0.1, 0.15) is 16.9 Å². The van der Waals surface area contributed by atoms with E-state index in [9.17, 15) is 20.4 Å². The summed E-state index contributed by atoms with van der Waals surface area (Å²) in [6.07, 6.45) is 0. The van der Waals surface area contributed by atoms with Crippen LogP contribution in [0.15, 0.2) is 199 Å². The normalized spacial score (nSPS) is 11.5. The molecule has 7 nitrogen and oxygen atoms in total. The standard InChI is InChI=1S/C54H36N2O5/c57-50-48(35-12-2-1-3-13-35)51(58)53(60)49(52(50)59)55(38-30-26-34(27-31-38)40-19-11-20-44-43-18-6-9-23-47(43)61-54(40)44)37-28-24-33(25-29-37)36-14-10-15-39(32-36)56-45-21-7-4-16-41(45)42-17-5-8-22-46(42)56/h1-32,57-60H. The van der Waals surface area contributed by atoms with E-state index >= 15 is 0 Å². The number of fused-ring (bicyclic) bond motifs is 6. The highest BCUT2D eigenvalue weighted by molar-refractivity contribution is 6.10. The summed E-state index contributed by atoms with van der Waals surface area (Å²) in [6.45, 7) is 0. The quantitative estimate of drug-likeness (QED) is 0.0947. The summed E-state index contributed by atoms with van der Waals surface area (Å²) in [5, 5.41) is 51.0. The Hall–Kier alpha value is -8.42. The number of benzene rings is 9. The smallest absolute Gasteiger partial charge is 0.186 e. The lowest BCUT2D eigenvalue weighted by molar-refractivity contribution is 0.377. The van der Waals surface area contributed by atoms with Crippen molar-refractivity contribution in [2.24, 2.45) is 0 Å². The van der Waals surface area contributed by atoms with Crippen molar-refractivity contribution in [2.75, 3.05) is 4.90 Å². The van der Waals surface area contributed by atoms with Gasteiger partial charge in [-0.15, -0.1) is 0 Å². The Morgan fingerprint density at radius 3 is 1.57 bits per heavy atom. The van der Waals surface area contributed by atoms with Gasteiger partial charge in [0.05, 0.1) is 16.6 Å². The molecule has 292 valence electrons. The molecule has 0 aliphatic carbocycles. The predicted molar refractivity (Wildman–Crippen MR) is 246 cm³/mol. The minimum Gasteiger partial charge on any atom is -0.504 e. The molecule has 0 radical (unpaired) electrons. The van der Waals surface area contributed by atoms with Crippen LogP contribution in [0.2, 0.25) is 0 Å². The summed E-state index contributed by atoms with van der Waals surface area (Å²) in [6, 6.07) is 63.3. The first-order chi connectivity index (χ1) is 29.9. The predicted octanol–water partition coefficient (Wildman–Crippen LogP) is 14.0. The zero-order chi connectivity index (χ0) is 41.2. The van der Waals surface area contributed by atoms with Gasteiger partial charge in [0.25, 0.3) is 0 Å². The molecule has 11 rings (SSSR count). The Morgan fingerprint density at radius 2 is 0.918 bits per heavy atom. The molecule has 2 aromatic heterocycles. The Labute approximate surface area is 350 Å². The van der Waals surface area contributed by atoms with Crippen molar-refractivity contribution in [1.82, 2.24) is 4.57 Å². The van der Waals surface area contributed by atoms with Crippen LogP contribution in [0.1, 0.15) is 0 Å². The topological polar surface area (TPSA) is 102 Å². The summed E-state index contributed by atoms with van der Waals surface area (Å²) < 4.78 is 8.62. The molecule has 2 heterocycles. The summed E-state index contributed by atoms with van der Waals surface area (Å²) in [5.41, 5.74) is 9.88. The fourth-order valence-electron chi connectivity index (χ4n) is 8.78. The van der Waals surface area contributed by atoms with Crippen LogP contribution in [-0.2, 0) is 0 Å². The van der Waals surface area contributed by atoms with Gasteiger partial charge in [-0.2, -0.15) is 0 Å². The number of phenolic OH excluding ortho intramolecular Hbond substituents is 4. The number of hydrogen-bond donors (Lipinski definition) is 4. The van der Waals surface area contributed by atoms with E-state index in [0.717, 1.165) is 60.9 Å². The zero-order valence-corrected chi connectivity index (χ0v) is 32.6. The molecule has 0 fully saturated rings. The first kappa shape index (κ1) is 35.7. The molecule has 9 aromatic carbocycles. The van der Waals surface area contributed by atoms with Crippen LogP contribution in [0.5, 0.6) is 23.0 Å². The summed E-state index contributed by atoms with van der Waals surface area (Å²) >= 11 is 0. The van der Waals surface area contributed by atoms with Crippen LogP contribution >= 0.6 is 0 Å². The summed E-state index contributed by atoms with van der Waals surface area (Å²) in [5.74, 6) is -2.30. The third-order valence-electron chi connectivity index (χ3n) is 11.6. The highest BCUT2D eigenvalue weighted by Gasteiger charge is 2.30. The van der Waals surface area contributed by atoms with Crippen LogP contribution in [0, 0.1) is 0 Å². The minimum absolute atomic E-state index is 0.0768. The van der Waals surface area contributed by atoms with Crippen molar-refractivity contribution >= 4 is 60.8 Å². The molecule has 0 unspecified atom stereocenters. The van der Waals surface area contributed by atoms with Crippen molar-refractivity contribution < 1.29 is 24.8 Å². The molecule has 0 atom stereocenters. The number of hydrogen-bond acceptors (Lipinski definition) is 6. The van der Waals surface area contributed by atoms with Gasteiger partial charge in [0, 0.05) is 44.2 Å². The highest BCUT2D eigenvalue weighted by atomic mass is 16.3. The van der Waals surface area contributed by atoms with E-state index in [1.54, 1.807) is 35.2 Å². The molecular formula is C54H36N2O5. The molecule has 0 spiro atoms. The molecule has 0 amide bonds. The lowest BCUT2D eigenvalue weighted by Gasteiger charge is -2.28. The molecule has 7 heteroatoms. The van der Waals surface area contributed by atoms with Gasteiger partial charge < -0.3 is 34.3 Å². The average molecular weight is 793 g/mol. The fraction of sp³-hybridized carbons (Fsp3) is 0. The molecule has 0 aliphatic rings. The van der Waals surface area contributed by atoms with Crippen molar-refractivity contribution in [2.45, 2.75) is 0 Å². The van der Waals surface area contributed by atoms with Crippen LogP contribution in [-0.4, -0.2) is 25.0 Å². The van der Waals surface area contributed by atoms with Crippen molar-refractivity contribution in [1.29, 1.82) is 0 Å². The van der Waals surface area contributed by atoms with Crippen LogP contribution < -0.4 is 4.90 Å². The van der Waals surface area contributed by atoms with Gasteiger partial charge in [-0.1, -0.05) is 140 Å². The molecule has 0 saturated heterocycles. The van der Waals surface area contributed by atoms with Crippen LogP contribution in [0.25, 0.3) is 82.8 Å². The van der Waals surface area contributed by atoms with E-state index < -0.39 is 23.0 Å². The maximum Gasteiger partial charge on any atom is 0.186 e. The molecule has 0 saturated carbocycles. The maximum atomic E-state index is 11.8. The van der Waals surface area contributed by atoms with Gasteiger partial charge in [-0.25, -0.2) is 0 Å². The summed E-state index contributed by atoms with van der Waals surface area (Å²) in [7, 11) is 0. The Kier molecular flexibility index (Phi) is 8.28. The minimum atomic E-state index is -0.590. The van der Waals surface area contributed by atoms with Gasteiger partial charge >= 0.3 is 0 Å². The number of para-hydroxylation sites is 4. The van der Waals surface area contributed by atoms with E-state index in [4.69, 9.17) is 4.42 Å². The Bertz CT molecular complexity index is 3380. The first-order valence-electron chi connectivity index (χ1n) is 20.0. The van der Waals surface area contributed by atoms with Crippen molar-refractivity contribution in [3.05, 3.63) is 194 Å². The van der Waals surface area contributed by atoms with E-state index in [0.29, 0.717) is 16.9 Å². The fourth-order valence-corrected chi connectivity index (χ4v) is 8.78. The molecule has 61 heavy (non-hydrogen) atoms. The largest absolute Gasteiger partial charge is 0.504 e. The Morgan fingerprint density at radius 1 is 0.393 bits per heavy atom. The SMILES string of the molecule is Oc1c(O)c(N(c2ccc(-c3cccc(-n4c5ccccc5c5ccccc54)c3)cc2)c2ccc(-c3cccc4c3oc3ccccc34)cc2)c(O)c(O)c1-c1ccccc1. The van der Waals surface area contributed by atoms with E-state index in [1.165, 1.54) is 10.8 Å². The molecule has 4 N–H and O–H groups in total. The third-order valence-corrected chi connectivity index (χ3v) is 11.6. The van der Waals surface area contributed by atoms with Gasteiger partial charge in [-0.05, 0) is 76.9 Å². The lowest BCUT2D eigenvalue weighted by atomic mass is 9.99. The molecule has 0 bridgehead atoms. The van der Waals surface area contributed by atoms with Crippen LogP contribution in [0.3, 0.4) is 0 Å².